The van der Waals surface area contributed by atoms with Crippen LogP contribution in [0.3, 0.4) is 0 Å². The number of carbonyl (C=O) groups excluding carboxylic acids is 2. The molecule has 2 aromatic carbocycles. The van der Waals surface area contributed by atoms with Crippen molar-refractivity contribution in [2.45, 2.75) is 26.3 Å². The maximum atomic E-state index is 12.7. The van der Waals surface area contributed by atoms with Crippen molar-refractivity contribution in [1.29, 1.82) is 0 Å². The standard InChI is InChI=1S/C26H29N3O4S/c1-16-15-34-24(25(27)30)23(16)26(31)28-20-6-4-17(5-7-20)8-10-29-11-9-18-12-21(32-2)22(33-3)13-19(18)14-29/h4-7,12-13,15H,8-11,14H2,1-3H3,(H2,27,30)(H,28,31). The predicted molar refractivity (Wildman–Crippen MR) is 134 cm³/mol. The molecule has 0 atom stereocenters. The first kappa shape index (κ1) is 23.8. The van der Waals surface area contributed by atoms with E-state index in [1.165, 1.54) is 28.0 Å². The zero-order chi connectivity index (χ0) is 24.2. The number of anilines is 1. The number of amides is 2. The number of ether oxygens (including phenoxy) is 2. The van der Waals surface area contributed by atoms with Crippen molar-refractivity contribution in [1.82, 2.24) is 4.90 Å². The largest absolute Gasteiger partial charge is 0.493 e. The molecule has 4 rings (SSSR count). The van der Waals surface area contributed by atoms with E-state index in [2.05, 4.69) is 22.3 Å². The molecule has 178 valence electrons. The van der Waals surface area contributed by atoms with Gasteiger partial charge in [-0.15, -0.1) is 11.3 Å². The molecule has 1 aromatic heterocycles. The second kappa shape index (κ2) is 10.3. The van der Waals surface area contributed by atoms with Gasteiger partial charge in [0.2, 0.25) is 0 Å². The number of primary amides is 1. The van der Waals surface area contributed by atoms with E-state index in [4.69, 9.17) is 15.2 Å². The highest BCUT2D eigenvalue weighted by molar-refractivity contribution is 7.12. The van der Waals surface area contributed by atoms with Gasteiger partial charge in [-0.3, -0.25) is 14.5 Å². The Kier molecular flexibility index (Phi) is 7.19. The fourth-order valence-corrected chi connectivity index (χ4v) is 5.18. The van der Waals surface area contributed by atoms with Crippen LogP contribution in [0.5, 0.6) is 11.5 Å². The summed E-state index contributed by atoms with van der Waals surface area (Å²) in [7, 11) is 3.33. The Labute approximate surface area is 203 Å². The number of thiophene rings is 1. The summed E-state index contributed by atoms with van der Waals surface area (Å²) in [5.41, 5.74) is 11.0. The van der Waals surface area contributed by atoms with E-state index in [-0.39, 0.29) is 10.8 Å². The number of hydrogen-bond acceptors (Lipinski definition) is 6. The van der Waals surface area contributed by atoms with Crippen LogP contribution in [0.2, 0.25) is 0 Å². The third-order valence-electron chi connectivity index (χ3n) is 6.15. The summed E-state index contributed by atoms with van der Waals surface area (Å²) >= 11 is 1.19. The van der Waals surface area contributed by atoms with Crippen LogP contribution in [0.4, 0.5) is 5.69 Å². The molecule has 7 nitrogen and oxygen atoms in total. The van der Waals surface area contributed by atoms with E-state index in [1.54, 1.807) is 26.5 Å². The Hall–Kier alpha value is -3.36. The van der Waals surface area contributed by atoms with Gasteiger partial charge in [-0.1, -0.05) is 12.1 Å². The van der Waals surface area contributed by atoms with E-state index < -0.39 is 5.91 Å². The summed E-state index contributed by atoms with van der Waals surface area (Å²) in [6.07, 6.45) is 1.89. The minimum absolute atomic E-state index is 0.283. The number of rotatable bonds is 8. The number of fused-ring (bicyclic) bond motifs is 1. The molecule has 8 heteroatoms. The fraction of sp³-hybridized carbons (Fsp3) is 0.308. The average Bonchev–Trinajstić information content (AvgIpc) is 3.24. The summed E-state index contributed by atoms with van der Waals surface area (Å²) in [6, 6.07) is 12.0. The Morgan fingerprint density at radius 3 is 2.41 bits per heavy atom. The molecule has 2 amide bonds. The molecule has 0 saturated heterocycles. The molecule has 3 aromatic rings. The molecule has 0 aliphatic carbocycles. The van der Waals surface area contributed by atoms with Crippen LogP contribution in [-0.2, 0) is 19.4 Å². The third-order valence-corrected chi connectivity index (χ3v) is 7.26. The van der Waals surface area contributed by atoms with Gasteiger partial charge in [0.15, 0.2) is 11.5 Å². The van der Waals surface area contributed by atoms with Crippen LogP contribution in [0.15, 0.2) is 41.8 Å². The minimum atomic E-state index is -0.587. The second-order valence-corrected chi connectivity index (χ2v) is 9.27. The minimum Gasteiger partial charge on any atom is -0.493 e. The number of aryl methyl sites for hydroxylation is 1. The van der Waals surface area contributed by atoms with E-state index in [0.29, 0.717) is 11.3 Å². The zero-order valence-electron chi connectivity index (χ0n) is 19.6. The number of benzene rings is 2. The van der Waals surface area contributed by atoms with Crippen molar-refractivity contribution in [3.8, 4) is 11.5 Å². The van der Waals surface area contributed by atoms with Gasteiger partial charge < -0.3 is 20.5 Å². The number of nitrogens with one attached hydrogen (secondary N) is 1. The molecule has 0 fully saturated rings. The summed E-state index contributed by atoms with van der Waals surface area (Å²) in [4.78, 5) is 27.0. The van der Waals surface area contributed by atoms with Crippen LogP contribution < -0.4 is 20.5 Å². The van der Waals surface area contributed by atoms with Gasteiger partial charge in [0, 0.05) is 25.3 Å². The van der Waals surface area contributed by atoms with E-state index >= 15 is 0 Å². The van der Waals surface area contributed by atoms with Gasteiger partial charge in [0.1, 0.15) is 4.88 Å². The lowest BCUT2D eigenvalue weighted by atomic mass is 9.98. The smallest absolute Gasteiger partial charge is 0.259 e. The van der Waals surface area contributed by atoms with Crippen molar-refractivity contribution in [2.24, 2.45) is 5.73 Å². The molecule has 1 aliphatic heterocycles. The molecule has 34 heavy (non-hydrogen) atoms. The van der Waals surface area contributed by atoms with Crippen LogP contribution in [0, 0.1) is 6.92 Å². The highest BCUT2D eigenvalue weighted by Crippen LogP contribution is 2.33. The SMILES string of the molecule is COc1cc2c(cc1OC)CN(CCc1ccc(NC(=O)c3c(C)csc3C(N)=O)cc1)CC2. The number of nitrogens with zero attached hydrogens (tertiary/aromatic N) is 1. The predicted octanol–water partition coefficient (Wildman–Crippen LogP) is 4.03. The molecule has 0 spiro atoms. The summed E-state index contributed by atoms with van der Waals surface area (Å²) in [5, 5.41) is 4.64. The fourth-order valence-electron chi connectivity index (χ4n) is 4.28. The lowest BCUT2D eigenvalue weighted by molar-refractivity contribution is 0.0980. The van der Waals surface area contributed by atoms with Crippen LogP contribution >= 0.6 is 11.3 Å². The third kappa shape index (κ3) is 5.08. The van der Waals surface area contributed by atoms with Gasteiger partial charge in [-0.25, -0.2) is 0 Å². The van der Waals surface area contributed by atoms with Gasteiger partial charge in [-0.2, -0.15) is 0 Å². The van der Waals surface area contributed by atoms with Crippen molar-refractivity contribution < 1.29 is 19.1 Å². The monoisotopic (exact) mass is 479 g/mol. The first-order valence-corrected chi connectivity index (χ1v) is 12.0. The summed E-state index contributed by atoms with van der Waals surface area (Å²) < 4.78 is 10.9. The lowest BCUT2D eigenvalue weighted by Gasteiger charge is -2.29. The Balaban J connectivity index is 1.35. The second-order valence-electron chi connectivity index (χ2n) is 8.39. The lowest BCUT2D eigenvalue weighted by Crippen LogP contribution is -2.32. The number of carbonyl (C=O) groups is 2. The molecule has 0 saturated carbocycles. The maximum absolute atomic E-state index is 12.7. The topological polar surface area (TPSA) is 93.9 Å². The number of hydrogen-bond donors (Lipinski definition) is 2. The summed E-state index contributed by atoms with van der Waals surface area (Å²) in [5.74, 6) is 0.638. The van der Waals surface area contributed by atoms with Crippen LogP contribution in [0.1, 0.15) is 42.3 Å². The normalized spacial score (nSPS) is 13.3. The molecule has 0 unspecified atom stereocenters. The van der Waals surface area contributed by atoms with E-state index in [1.807, 2.05) is 24.3 Å². The Morgan fingerprint density at radius 2 is 1.76 bits per heavy atom. The highest BCUT2D eigenvalue weighted by Gasteiger charge is 2.21. The van der Waals surface area contributed by atoms with Crippen molar-refractivity contribution in [3.63, 3.8) is 0 Å². The quantitative estimate of drug-likeness (QED) is 0.509. The molecular formula is C26H29N3O4S. The first-order chi connectivity index (χ1) is 16.4. The number of methoxy groups -OCH3 is 2. The van der Waals surface area contributed by atoms with Gasteiger partial charge in [-0.05, 0) is 71.7 Å². The van der Waals surface area contributed by atoms with Crippen LogP contribution in [-0.4, -0.2) is 44.0 Å². The van der Waals surface area contributed by atoms with Gasteiger partial charge in [0.05, 0.1) is 19.8 Å². The molecule has 2 heterocycles. The molecule has 0 radical (unpaired) electrons. The number of nitrogens with two attached hydrogens (primary N) is 1. The van der Waals surface area contributed by atoms with Crippen molar-refractivity contribution >= 4 is 28.8 Å². The highest BCUT2D eigenvalue weighted by atomic mass is 32.1. The van der Waals surface area contributed by atoms with Gasteiger partial charge in [0.25, 0.3) is 11.8 Å². The first-order valence-electron chi connectivity index (χ1n) is 11.1. The Morgan fingerprint density at radius 1 is 1.09 bits per heavy atom. The molecule has 3 N–H and O–H groups in total. The van der Waals surface area contributed by atoms with Crippen LogP contribution in [0.25, 0.3) is 0 Å². The van der Waals surface area contributed by atoms with Crippen molar-refractivity contribution in [2.75, 3.05) is 32.6 Å². The van der Waals surface area contributed by atoms with E-state index in [0.717, 1.165) is 49.5 Å². The maximum Gasteiger partial charge on any atom is 0.259 e. The van der Waals surface area contributed by atoms with E-state index in [9.17, 15) is 9.59 Å². The van der Waals surface area contributed by atoms with Gasteiger partial charge >= 0.3 is 0 Å². The average molecular weight is 480 g/mol. The molecule has 0 bridgehead atoms. The summed E-state index contributed by atoms with van der Waals surface area (Å²) in [6.45, 7) is 4.62. The Bertz CT molecular complexity index is 1200. The molecule has 1 aliphatic rings. The van der Waals surface area contributed by atoms with Crippen molar-refractivity contribution in [3.05, 3.63) is 74.5 Å². The zero-order valence-corrected chi connectivity index (χ0v) is 20.5. The molecular weight excluding hydrogens is 450 g/mol.